The van der Waals surface area contributed by atoms with E-state index in [1.54, 1.807) is 44.2 Å². The van der Waals surface area contributed by atoms with Crippen molar-refractivity contribution in [3.63, 3.8) is 0 Å². The highest BCUT2D eigenvalue weighted by Gasteiger charge is 2.60. The van der Waals surface area contributed by atoms with Gasteiger partial charge in [0.1, 0.15) is 5.41 Å². The van der Waals surface area contributed by atoms with Crippen LogP contribution in [0.5, 0.6) is 0 Å². The summed E-state index contributed by atoms with van der Waals surface area (Å²) in [5.41, 5.74) is -0.836. The van der Waals surface area contributed by atoms with Gasteiger partial charge in [0.25, 0.3) is 0 Å². The van der Waals surface area contributed by atoms with E-state index < -0.39 is 23.5 Å². The van der Waals surface area contributed by atoms with Gasteiger partial charge in [0.05, 0.1) is 19.2 Å². The molecule has 5 nitrogen and oxygen atoms in total. The number of piperidine rings is 1. The first kappa shape index (κ1) is 15.5. The van der Waals surface area contributed by atoms with Crippen molar-refractivity contribution in [2.75, 3.05) is 7.11 Å². The summed E-state index contributed by atoms with van der Waals surface area (Å²) >= 11 is 0. The quantitative estimate of drug-likeness (QED) is 0.478. The molecule has 2 heterocycles. The molecule has 1 fully saturated rings. The van der Waals surface area contributed by atoms with Gasteiger partial charge in [-0.25, -0.2) is 4.79 Å². The van der Waals surface area contributed by atoms with Gasteiger partial charge in [-0.15, -0.1) is 0 Å². The Morgan fingerprint density at radius 2 is 1.83 bits per heavy atom. The molecule has 23 heavy (non-hydrogen) atoms. The van der Waals surface area contributed by atoms with E-state index >= 15 is 0 Å². The predicted octanol–water partition coefficient (Wildman–Crippen LogP) is 2.47. The number of nitrogens with zero attached hydrogens (tertiary/aromatic N) is 1. The number of methoxy groups -OCH3 is 1. The largest absolute Gasteiger partial charge is 0.453 e. The zero-order valence-electron chi connectivity index (χ0n) is 13.4. The fourth-order valence-corrected chi connectivity index (χ4v) is 3.72. The Kier molecular flexibility index (Phi) is 3.59. The second-order valence-corrected chi connectivity index (χ2v) is 6.25. The number of ether oxygens (including phenoxy) is 1. The van der Waals surface area contributed by atoms with Crippen LogP contribution < -0.4 is 0 Å². The van der Waals surface area contributed by atoms with Gasteiger partial charge in [-0.05, 0) is 6.92 Å². The molecular weight excluding hydrogens is 294 g/mol. The average Bonchev–Trinajstić information content (AvgIpc) is 3.00. The summed E-state index contributed by atoms with van der Waals surface area (Å²) in [5, 5.41) is 0. The maximum Gasteiger partial charge on any atom is 0.410 e. The van der Waals surface area contributed by atoms with E-state index in [0.717, 1.165) is 0 Å². The minimum Gasteiger partial charge on any atom is -0.453 e. The lowest BCUT2D eigenvalue weighted by Crippen LogP contribution is -2.63. The number of ketones is 2. The first-order valence-electron chi connectivity index (χ1n) is 7.61. The van der Waals surface area contributed by atoms with Crippen molar-refractivity contribution < 1.29 is 19.1 Å². The molecule has 2 bridgehead atoms. The second kappa shape index (κ2) is 5.33. The zero-order valence-corrected chi connectivity index (χ0v) is 13.4. The molecule has 0 spiro atoms. The Morgan fingerprint density at radius 1 is 1.17 bits per heavy atom. The fourth-order valence-electron chi connectivity index (χ4n) is 3.72. The molecule has 4 atom stereocenters. The third-order valence-corrected chi connectivity index (χ3v) is 5.03. The van der Waals surface area contributed by atoms with Crippen LogP contribution in [0.25, 0.3) is 0 Å². The number of carbonyl (C=O) groups is 3. The van der Waals surface area contributed by atoms with Crippen LogP contribution >= 0.6 is 0 Å². The number of fused-ring (bicyclic) bond motifs is 2. The lowest BCUT2D eigenvalue weighted by Gasteiger charge is -2.46. The molecule has 2 aliphatic rings. The monoisotopic (exact) mass is 313 g/mol. The van der Waals surface area contributed by atoms with Gasteiger partial charge in [0, 0.05) is 11.5 Å². The van der Waals surface area contributed by atoms with Crippen molar-refractivity contribution in [2.24, 2.45) is 11.3 Å². The van der Waals surface area contributed by atoms with Gasteiger partial charge in [-0.3, -0.25) is 14.5 Å². The molecule has 5 heteroatoms. The van der Waals surface area contributed by atoms with E-state index in [0.29, 0.717) is 5.56 Å². The van der Waals surface area contributed by atoms with Crippen molar-refractivity contribution >= 4 is 17.7 Å². The average molecular weight is 313 g/mol. The normalized spacial score (nSPS) is 32.0. The van der Waals surface area contributed by atoms with E-state index in [1.807, 2.05) is 12.1 Å². The third kappa shape index (κ3) is 2.03. The molecule has 0 N–H and O–H groups in total. The van der Waals surface area contributed by atoms with E-state index in [1.165, 1.54) is 12.0 Å². The lowest BCUT2D eigenvalue weighted by molar-refractivity contribution is -0.137. The molecule has 0 radical (unpaired) electrons. The summed E-state index contributed by atoms with van der Waals surface area (Å²) in [5.74, 6) is -0.855. The first-order valence-corrected chi connectivity index (χ1v) is 7.61. The maximum atomic E-state index is 13.1. The van der Waals surface area contributed by atoms with E-state index in [2.05, 4.69) is 0 Å². The molecule has 3 rings (SSSR count). The molecule has 0 unspecified atom stereocenters. The maximum absolute atomic E-state index is 13.1. The minimum absolute atomic E-state index is 0.133. The van der Waals surface area contributed by atoms with Gasteiger partial charge in [0.2, 0.25) is 0 Å². The van der Waals surface area contributed by atoms with Gasteiger partial charge < -0.3 is 4.74 Å². The van der Waals surface area contributed by atoms with E-state index in [-0.39, 0.29) is 17.6 Å². The number of Topliss-reactive ketones (excluding diaryl/α,β-unsaturated/α-hetero) is 2. The number of hydrogen-bond donors (Lipinski definition) is 0. The van der Waals surface area contributed by atoms with E-state index in [9.17, 15) is 14.4 Å². The minimum atomic E-state index is -1.31. The van der Waals surface area contributed by atoms with Crippen LogP contribution in [0.15, 0.2) is 42.5 Å². The molecule has 120 valence electrons. The van der Waals surface area contributed by atoms with Crippen molar-refractivity contribution in [3.8, 4) is 0 Å². The van der Waals surface area contributed by atoms with Crippen LogP contribution in [-0.2, 0) is 9.53 Å². The standard InChI is InChI=1S/C18H19NO4/c1-11-13-9-10-14(19(13)17(22)23-3)18(2,15(11)20)16(21)12-7-5-4-6-8-12/h4-11,13-14H,1-3H3/t11-,13+,14-,18-/m1/s1. The van der Waals surface area contributed by atoms with Gasteiger partial charge in [0.15, 0.2) is 11.6 Å². The molecule has 0 aliphatic carbocycles. The first-order chi connectivity index (χ1) is 10.9. The Bertz CT molecular complexity index is 696. The molecule has 1 amide bonds. The van der Waals surface area contributed by atoms with Crippen molar-refractivity contribution in [1.82, 2.24) is 4.90 Å². The number of amides is 1. The molecule has 2 aliphatic heterocycles. The van der Waals surface area contributed by atoms with Gasteiger partial charge >= 0.3 is 6.09 Å². The van der Waals surface area contributed by atoms with Crippen LogP contribution in [0, 0.1) is 11.3 Å². The highest BCUT2D eigenvalue weighted by atomic mass is 16.5. The van der Waals surface area contributed by atoms with Crippen molar-refractivity contribution in [2.45, 2.75) is 25.9 Å². The molecule has 0 saturated carbocycles. The second-order valence-electron chi connectivity index (χ2n) is 6.25. The predicted molar refractivity (Wildman–Crippen MR) is 84.0 cm³/mol. The topological polar surface area (TPSA) is 63.7 Å². The lowest BCUT2D eigenvalue weighted by atomic mass is 9.66. The van der Waals surface area contributed by atoms with Gasteiger partial charge in [-0.1, -0.05) is 49.4 Å². The SMILES string of the molecule is COC(=O)N1[C@H]2C=C[C@@H]1[C@@](C)(C(=O)c1ccccc1)C(=O)[C@@H]2C. The molecular formula is C18H19NO4. The summed E-state index contributed by atoms with van der Waals surface area (Å²) < 4.78 is 4.86. The number of hydrogen-bond acceptors (Lipinski definition) is 4. The molecule has 1 aromatic rings. The highest BCUT2D eigenvalue weighted by Crippen LogP contribution is 2.45. The van der Waals surface area contributed by atoms with Crippen LogP contribution in [0.2, 0.25) is 0 Å². The smallest absolute Gasteiger partial charge is 0.410 e. The Morgan fingerprint density at radius 3 is 2.43 bits per heavy atom. The molecule has 1 saturated heterocycles. The van der Waals surface area contributed by atoms with Gasteiger partial charge in [-0.2, -0.15) is 0 Å². The molecule has 1 aromatic carbocycles. The van der Waals surface area contributed by atoms with Crippen LogP contribution in [0.1, 0.15) is 24.2 Å². The van der Waals surface area contributed by atoms with Crippen LogP contribution in [0.3, 0.4) is 0 Å². The molecule has 0 aromatic heterocycles. The Labute approximate surface area is 134 Å². The van der Waals surface area contributed by atoms with E-state index in [4.69, 9.17) is 4.74 Å². The summed E-state index contributed by atoms with van der Waals surface area (Å²) in [4.78, 5) is 39.7. The number of carbonyl (C=O) groups excluding carboxylic acids is 3. The summed E-state index contributed by atoms with van der Waals surface area (Å²) in [6, 6.07) is 7.76. The Balaban J connectivity index is 2.09. The summed E-state index contributed by atoms with van der Waals surface area (Å²) in [6.45, 7) is 3.39. The highest BCUT2D eigenvalue weighted by molar-refractivity contribution is 6.17. The summed E-state index contributed by atoms with van der Waals surface area (Å²) in [7, 11) is 1.30. The Hall–Kier alpha value is -2.43. The van der Waals surface area contributed by atoms with Crippen molar-refractivity contribution in [3.05, 3.63) is 48.0 Å². The summed E-state index contributed by atoms with van der Waals surface area (Å²) in [6.07, 6.45) is 3.09. The van der Waals surface area contributed by atoms with Crippen LogP contribution in [-0.4, -0.2) is 41.8 Å². The third-order valence-electron chi connectivity index (χ3n) is 5.03. The van der Waals surface area contributed by atoms with Crippen molar-refractivity contribution in [1.29, 1.82) is 0 Å². The zero-order chi connectivity index (χ0) is 16.8. The number of rotatable bonds is 2. The number of benzene rings is 1. The fraction of sp³-hybridized carbons (Fsp3) is 0.389. The van der Waals surface area contributed by atoms with Crippen LogP contribution in [0.4, 0.5) is 4.79 Å².